The summed E-state index contributed by atoms with van der Waals surface area (Å²) in [7, 11) is 0. The van der Waals surface area contributed by atoms with Gasteiger partial charge in [0.25, 0.3) is 11.8 Å². The Morgan fingerprint density at radius 2 is 1.75 bits per heavy atom. The molecule has 0 N–H and O–H groups in total. The van der Waals surface area contributed by atoms with Crippen LogP contribution in [0.15, 0.2) is 48.5 Å². The maximum Gasteiger partial charge on any atom is 0.255 e. The smallest absolute Gasteiger partial charge is 0.255 e. The molecule has 0 atom stereocenters. The number of piperidine rings is 1. The largest absolute Gasteiger partial charge is 0.338 e. The fourth-order valence-corrected chi connectivity index (χ4v) is 5.77. The molecule has 4 rings (SSSR count). The molecule has 0 radical (unpaired) electrons. The Morgan fingerprint density at radius 1 is 1.00 bits per heavy atom. The lowest BCUT2D eigenvalue weighted by atomic mass is 9.99. The Labute approximate surface area is 174 Å². The van der Waals surface area contributed by atoms with Crippen LogP contribution in [0, 0.1) is 6.92 Å². The van der Waals surface area contributed by atoms with Gasteiger partial charge in [0.05, 0.1) is 4.87 Å². The fourth-order valence-electron chi connectivity index (χ4n) is 4.13. The van der Waals surface area contributed by atoms with Crippen molar-refractivity contribution in [1.82, 2.24) is 9.80 Å². The van der Waals surface area contributed by atoms with Crippen LogP contribution in [0.25, 0.3) is 0 Å². The predicted octanol–water partition coefficient (Wildman–Crippen LogP) is 4.47. The summed E-state index contributed by atoms with van der Waals surface area (Å²) in [5.74, 6) is 1.05. The summed E-state index contributed by atoms with van der Waals surface area (Å²) in [4.78, 5) is 29.8. The lowest BCUT2D eigenvalue weighted by molar-refractivity contribution is 0.0497. The number of rotatable bonds is 2. The summed E-state index contributed by atoms with van der Waals surface area (Å²) in [6.07, 6.45) is 1.59. The van der Waals surface area contributed by atoms with Crippen LogP contribution < -0.4 is 0 Å². The van der Waals surface area contributed by atoms with Crippen LogP contribution >= 0.6 is 23.4 Å². The van der Waals surface area contributed by atoms with Gasteiger partial charge in [-0.15, -0.1) is 11.8 Å². The van der Waals surface area contributed by atoms with E-state index in [1.165, 1.54) is 0 Å². The van der Waals surface area contributed by atoms with E-state index in [1.54, 1.807) is 12.1 Å². The van der Waals surface area contributed by atoms with E-state index in [0.29, 0.717) is 23.7 Å². The van der Waals surface area contributed by atoms with Gasteiger partial charge in [0.1, 0.15) is 0 Å². The lowest BCUT2D eigenvalue weighted by Crippen LogP contribution is -2.53. The Hall–Kier alpha value is -1.98. The van der Waals surface area contributed by atoms with Crippen LogP contribution in [0.1, 0.15) is 39.1 Å². The van der Waals surface area contributed by atoms with Crippen molar-refractivity contribution in [3.8, 4) is 0 Å². The van der Waals surface area contributed by atoms with Crippen LogP contribution in [0.2, 0.25) is 5.02 Å². The molecule has 0 unspecified atom stereocenters. The molecule has 2 aliphatic rings. The Morgan fingerprint density at radius 3 is 2.46 bits per heavy atom. The highest BCUT2D eigenvalue weighted by molar-refractivity contribution is 8.00. The van der Waals surface area contributed by atoms with Gasteiger partial charge in [0, 0.05) is 41.5 Å². The highest BCUT2D eigenvalue weighted by Crippen LogP contribution is 2.44. The van der Waals surface area contributed by atoms with Gasteiger partial charge in [-0.05, 0) is 49.6 Å². The molecule has 2 aromatic carbocycles. The highest BCUT2D eigenvalue weighted by Gasteiger charge is 2.47. The molecule has 0 aliphatic carbocycles. The number of nitrogens with zero attached hydrogens (tertiary/aromatic N) is 2. The number of benzene rings is 2. The molecule has 2 heterocycles. The third-order valence-electron chi connectivity index (χ3n) is 5.70. The van der Waals surface area contributed by atoms with Gasteiger partial charge >= 0.3 is 0 Å². The third-order valence-corrected chi connectivity index (χ3v) is 7.49. The summed E-state index contributed by atoms with van der Waals surface area (Å²) in [6, 6.07) is 14.9. The molecule has 0 bridgehead atoms. The fraction of sp³-hybridized carbons (Fsp3) is 0.364. The first-order valence-electron chi connectivity index (χ1n) is 9.57. The molecule has 2 amide bonds. The number of likely N-dealkylation sites (tertiary alicyclic amines) is 1. The van der Waals surface area contributed by atoms with Gasteiger partial charge in [-0.3, -0.25) is 9.59 Å². The second-order valence-corrected chi connectivity index (χ2v) is 9.26. The van der Waals surface area contributed by atoms with Crippen LogP contribution in [-0.4, -0.2) is 51.9 Å². The normalized spacial score (nSPS) is 18.5. The SMILES string of the molecule is Cc1ccccc1C(=O)N1CCC2(CC1)SCCN2C(=O)c1cccc(Cl)c1. The molecule has 4 nitrogen and oxygen atoms in total. The van der Waals surface area contributed by atoms with Crippen LogP contribution in [0.3, 0.4) is 0 Å². The number of hydrogen-bond acceptors (Lipinski definition) is 3. The van der Waals surface area contributed by atoms with Crippen molar-refractivity contribution >= 4 is 35.2 Å². The standard InChI is InChI=1S/C22H23ClN2O2S/c1-16-5-2-3-8-19(16)21(27)24-11-9-22(10-12-24)25(13-14-28-22)20(26)17-6-4-7-18(23)15-17/h2-8,15H,9-14H2,1H3. The molecule has 2 aliphatic heterocycles. The summed E-state index contributed by atoms with van der Waals surface area (Å²) in [6.45, 7) is 4.04. The van der Waals surface area contributed by atoms with Crippen LogP contribution in [0.5, 0.6) is 0 Å². The number of aryl methyl sites for hydroxylation is 1. The minimum atomic E-state index is -0.220. The average Bonchev–Trinajstić information content (AvgIpc) is 3.11. The predicted molar refractivity (Wildman–Crippen MR) is 114 cm³/mol. The van der Waals surface area contributed by atoms with Gasteiger partial charge in [0.2, 0.25) is 0 Å². The zero-order chi connectivity index (χ0) is 19.7. The van der Waals surface area contributed by atoms with Gasteiger partial charge in [0.15, 0.2) is 0 Å². The second-order valence-electron chi connectivity index (χ2n) is 7.37. The maximum atomic E-state index is 13.1. The molecule has 2 aromatic rings. The molecule has 2 fully saturated rings. The number of carbonyl (C=O) groups excluding carboxylic acids is 2. The third kappa shape index (κ3) is 3.53. The maximum absolute atomic E-state index is 13.1. The number of thioether (sulfide) groups is 1. The Bertz CT molecular complexity index is 909. The van der Waals surface area contributed by atoms with Gasteiger partial charge in [-0.1, -0.05) is 35.9 Å². The molecule has 28 heavy (non-hydrogen) atoms. The molecule has 0 aromatic heterocycles. The van der Waals surface area contributed by atoms with Crippen molar-refractivity contribution < 1.29 is 9.59 Å². The van der Waals surface area contributed by atoms with E-state index in [2.05, 4.69) is 0 Å². The second kappa shape index (κ2) is 7.80. The summed E-state index contributed by atoms with van der Waals surface area (Å²) in [5, 5.41) is 0.574. The minimum absolute atomic E-state index is 0.0335. The number of amides is 2. The number of hydrogen-bond donors (Lipinski definition) is 0. The Kier molecular flexibility index (Phi) is 5.39. The zero-order valence-electron chi connectivity index (χ0n) is 15.9. The monoisotopic (exact) mass is 414 g/mol. The molecular weight excluding hydrogens is 392 g/mol. The summed E-state index contributed by atoms with van der Waals surface area (Å²) >= 11 is 7.93. The van der Waals surface area contributed by atoms with Gasteiger partial charge < -0.3 is 9.80 Å². The van der Waals surface area contributed by atoms with Crippen molar-refractivity contribution in [1.29, 1.82) is 0 Å². The molecule has 2 saturated heterocycles. The van der Waals surface area contributed by atoms with E-state index in [4.69, 9.17) is 11.6 Å². The topological polar surface area (TPSA) is 40.6 Å². The van der Waals surface area contributed by atoms with Crippen molar-refractivity contribution in [2.45, 2.75) is 24.6 Å². The van der Waals surface area contributed by atoms with Crippen molar-refractivity contribution in [2.24, 2.45) is 0 Å². The Balaban J connectivity index is 1.49. The first-order valence-corrected chi connectivity index (χ1v) is 10.9. The number of carbonyl (C=O) groups is 2. The quantitative estimate of drug-likeness (QED) is 0.727. The number of halogens is 1. The molecule has 6 heteroatoms. The van der Waals surface area contributed by atoms with Gasteiger partial charge in [-0.2, -0.15) is 0 Å². The van der Waals surface area contributed by atoms with E-state index in [9.17, 15) is 9.59 Å². The van der Waals surface area contributed by atoms with Crippen molar-refractivity contribution in [3.05, 3.63) is 70.2 Å². The molecule has 1 spiro atoms. The van der Waals surface area contributed by atoms with E-state index in [0.717, 1.165) is 36.3 Å². The van der Waals surface area contributed by atoms with Crippen molar-refractivity contribution in [3.63, 3.8) is 0 Å². The van der Waals surface area contributed by atoms with Gasteiger partial charge in [-0.25, -0.2) is 0 Å². The van der Waals surface area contributed by atoms with Crippen molar-refractivity contribution in [2.75, 3.05) is 25.4 Å². The molecule has 146 valence electrons. The zero-order valence-corrected chi connectivity index (χ0v) is 17.4. The first-order chi connectivity index (χ1) is 13.5. The summed E-state index contributed by atoms with van der Waals surface area (Å²) < 4.78 is 0. The van der Waals surface area contributed by atoms with E-state index < -0.39 is 0 Å². The van der Waals surface area contributed by atoms with E-state index >= 15 is 0 Å². The summed E-state index contributed by atoms with van der Waals surface area (Å²) in [5.41, 5.74) is 2.40. The van der Waals surface area contributed by atoms with Crippen LogP contribution in [0.4, 0.5) is 0 Å². The van der Waals surface area contributed by atoms with Crippen LogP contribution in [-0.2, 0) is 0 Å². The van der Waals surface area contributed by atoms with E-state index in [-0.39, 0.29) is 16.7 Å². The molecular formula is C22H23ClN2O2S. The molecule has 0 saturated carbocycles. The first kappa shape index (κ1) is 19.3. The highest BCUT2D eigenvalue weighted by atomic mass is 35.5. The minimum Gasteiger partial charge on any atom is -0.338 e. The average molecular weight is 415 g/mol. The lowest BCUT2D eigenvalue weighted by Gasteiger charge is -2.44. The van der Waals surface area contributed by atoms with E-state index in [1.807, 2.05) is 64.9 Å².